The summed E-state index contributed by atoms with van der Waals surface area (Å²) in [6, 6.07) is 1.77. The molecule has 13 heavy (non-hydrogen) atoms. The van der Waals surface area contributed by atoms with Gasteiger partial charge in [-0.1, -0.05) is 0 Å². The van der Waals surface area contributed by atoms with Gasteiger partial charge in [0.05, 0.1) is 5.56 Å². The zero-order valence-electron chi connectivity index (χ0n) is 7.20. The zero-order chi connectivity index (χ0) is 10.2. The highest BCUT2D eigenvalue weighted by atomic mass is 19.4. The zero-order valence-corrected chi connectivity index (χ0v) is 7.20. The molecule has 0 saturated heterocycles. The Balaban J connectivity index is 3.35. The highest BCUT2D eigenvalue weighted by molar-refractivity contribution is 5.43. The molecule has 0 amide bonds. The monoisotopic (exact) mass is 189 g/mol. The molecule has 1 rings (SSSR count). The molecular weight excluding hydrogens is 181 g/mol. The van der Waals surface area contributed by atoms with Crippen molar-refractivity contribution in [2.45, 2.75) is 20.0 Å². The first kappa shape index (κ1) is 9.89. The summed E-state index contributed by atoms with van der Waals surface area (Å²) in [5, 5.41) is 11.0. The Morgan fingerprint density at radius 1 is 1.08 bits per heavy atom. The van der Waals surface area contributed by atoms with E-state index < -0.39 is 11.7 Å². The van der Waals surface area contributed by atoms with E-state index in [-0.39, 0.29) is 16.9 Å². The largest absolute Gasteiger partial charge is 0.416 e. The molecule has 0 heterocycles. The van der Waals surface area contributed by atoms with Crippen molar-refractivity contribution in [1.82, 2.24) is 0 Å². The quantitative estimate of drug-likeness (QED) is 0.595. The van der Waals surface area contributed by atoms with Gasteiger partial charge in [-0.2, -0.15) is 13.2 Å². The van der Waals surface area contributed by atoms with Crippen molar-refractivity contribution >= 4 is 0 Å². The molecule has 0 bridgehead atoms. The van der Waals surface area contributed by atoms with Gasteiger partial charge >= 0.3 is 6.18 Å². The predicted octanol–water partition coefficient (Wildman–Crippen LogP) is 3.47. The van der Waals surface area contributed by atoms with Crippen LogP contribution in [0.1, 0.15) is 16.7 Å². The van der Waals surface area contributed by atoms with Gasteiger partial charge in [0.2, 0.25) is 0 Å². The number of hydrogen-bond acceptors (Lipinski definition) is 0. The molecule has 0 aliphatic rings. The maximum absolute atomic E-state index is 12.3. The van der Waals surface area contributed by atoms with E-state index in [0.29, 0.717) is 0 Å². The van der Waals surface area contributed by atoms with Crippen LogP contribution in [0.2, 0.25) is 0 Å². The van der Waals surface area contributed by atoms with Crippen LogP contribution in [0.15, 0.2) is 12.1 Å². The van der Waals surface area contributed by atoms with E-state index in [4.69, 9.17) is 0 Å². The Labute approximate surface area is 73.8 Å². The summed E-state index contributed by atoms with van der Waals surface area (Å²) in [5.74, 6) is -0.356. The van der Waals surface area contributed by atoms with Crippen LogP contribution in [-0.4, -0.2) is 0 Å². The van der Waals surface area contributed by atoms with Gasteiger partial charge in [0.25, 0.3) is 0 Å². The molecule has 0 saturated carbocycles. The van der Waals surface area contributed by atoms with Crippen molar-refractivity contribution in [3.05, 3.63) is 28.8 Å². The van der Waals surface area contributed by atoms with Crippen molar-refractivity contribution in [2.75, 3.05) is 0 Å². The second-order valence-electron chi connectivity index (χ2n) is 2.86. The van der Waals surface area contributed by atoms with Crippen LogP contribution in [0.3, 0.4) is 0 Å². The molecule has 0 aliphatic heterocycles. The molecule has 0 unspecified atom stereocenters. The highest BCUT2D eigenvalue weighted by Crippen LogP contribution is 2.35. The van der Waals surface area contributed by atoms with Crippen LogP contribution in [-0.2, 0) is 11.3 Å². The molecule has 1 nitrogen and oxygen atoms in total. The molecule has 0 atom stereocenters. The van der Waals surface area contributed by atoms with Crippen LogP contribution < -0.4 is 0 Å². The van der Waals surface area contributed by atoms with E-state index in [1.807, 2.05) is 0 Å². The Morgan fingerprint density at radius 2 is 1.62 bits per heavy atom. The van der Waals surface area contributed by atoms with Crippen LogP contribution >= 0.6 is 0 Å². The minimum atomic E-state index is -4.37. The summed E-state index contributed by atoms with van der Waals surface area (Å²) in [6.07, 6.45) is -4.37. The van der Waals surface area contributed by atoms with Crippen molar-refractivity contribution in [2.24, 2.45) is 0 Å². The lowest BCUT2D eigenvalue weighted by Gasteiger charge is -2.11. The lowest BCUT2D eigenvalue weighted by molar-refractivity contribution is -0.138. The maximum atomic E-state index is 12.3. The lowest BCUT2D eigenvalue weighted by Crippen LogP contribution is -2.08. The number of hydrogen-bond donors (Lipinski definition) is 0. The van der Waals surface area contributed by atoms with Gasteiger partial charge in [0.15, 0.2) is 5.75 Å². The minimum Gasteiger partial charge on any atom is -0.290 e. The van der Waals surface area contributed by atoms with Gasteiger partial charge in [-0.3, -0.25) is 5.11 Å². The van der Waals surface area contributed by atoms with Crippen LogP contribution in [0.5, 0.6) is 5.75 Å². The topological polar surface area (TPSA) is 19.9 Å². The third-order valence-corrected chi connectivity index (χ3v) is 2.04. The molecule has 0 fully saturated rings. The average molecular weight is 189 g/mol. The molecule has 1 aromatic rings. The fraction of sp³-hybridized carbons (Fsp3) is 0.333. The lowest BCUT2D eigenvalue weighted by atomic mass is 10.0. The summed E-state index contributed by atoms with van der Waals surface area (Å²) in [6.45, 7) is 2.70. The molecule has 1 aromatic carbocycles. The fourth-order valence-corrected chi connectivity index (χ4v) is 1.10. The third-order valence-electron chi connectivity index (χ3n) is 2.04. The molecule has 0 N–H and O–H groups in total. The molecular formula is C9H8F3O. The van der Waals surface area contributed by atoms with E-state index in [0.717, 1.165) is 12.1 Å². The van der Waals surface area contributed by atoms with Crippen molar-refractivity contribution in [3.63, 3.8) is 0 Å². The van der Waals surface area contributed by atoms with Gasteiger partial charge in [0.1, 0.15) is 0 Å². The third kappa shape index (κ3) is 1.76. The Morgan fingerprint density at radius 3 is 2.08 bits per heavy atom. The first-order chi connectivity index (χ1) is 5.84. The predicted molar refractivity (Wildman–Crippen MR) is 41.1 cm³/mol. The van der Waals surface area contributed by atoms with E-state index in [2.05, 4.69) is 0 Å². The fourth-order valence-electron chi connectivity index (χ4n) is 1.10. The summed E-state index contributed by atoms with van der Waals surface area (Å²) < 4.78 is 36.8. The van der Waals surface area contributed by atoms with E-state index >= 15 is 0 Å². The SMILES string of the molecule is Cc1c([O])ccc(C(F)(F)F)c1C. The van der Waals surface area contributed by atoms with Gasteiger partial charge in [0, 0.05) is 0 Å². The molecule has 71 valence electrons. The smallest absolute Gasteiger partial charge is 0.290 e. The average Bonchev–Trinajstić information content (AvgIpc) is 1.98. The second kappa shape index (κ2) is 2.94. The van der Waals surface area contributed by atoms with Gasteiger partial charge < -0.3 is 0 Å². The Hall–Kier alpha value is -1.19. The normalized spacial score (nSPS) is 11.8. The summed E-state index contributed by atoms with van der Waals surface area (Å²) in [4.78, 5) is 0. The maximum Gasteiger partial charge on any atom is 0.416 e. The van der Waals surface area contributed by atoms with Crippen molar-refractivity contribution in [3.8, 4) is 5.75 Å². The molecule has 1 radical (unpaired) electrons. The molecule has 4 heteroatoms. The Kier molecular flexibility index (Phi) is 2.24. The van der Waals surface area contributed by atoms with E-state index in [1.165, 1.54) is 13.8 Å². The van der Waals surface area contributed by atoms with Crippen LogP contribution in [0, 0.1) is 13.8 Å². The van der Waals surface area contributed by atoms with Crippen LogP contribution in [0.4, 0.5) is 13.2 Å². The first-order valence-electron chi connectivity index (χ1n) is 3.68. The Bertz CT molecular complexity index is 328. The summed E-state index contributed by atoms with van der Waals surface area (Å²) in [5.41, 5.74) is -0.556. The van der Waals surface area contributed by atoms with Crippen molar-refractivity contribution in [1.29, 1.82) is 0 Å². The summed E-state index contributed by atoms with van der Waals surface area (Å²) >= 11 is 0. The molecule has 0 aromatic heterocycles. The number of benzene rings is 1. The van der Waals surface area contributed by atoms with Crippen molar-refractivity contribution < 1.29 is 18.3 Å². The first-order valence-corrected chi connectivity index (χ1v) is 3.68. The minimum absolute atomic E-state index is 0.0139. The van der Waals surface area contributed by atoms with Crippen LogP contribution in [0.25, 0.3) is 0 Å². The van der Waals surface area contributed by atoms with Gasteiger partial charge in [-0.15, -0.1) is 0 Å². The van der Waals surface area contributed by atoms with Gasteiger partial charge in [-0.05, 0) is 37.1 Å². The highest BCUT2D eigenvalue weighted by Gasteiger charge is 2.33. The second-order valence-corrected chi connectivity index (χ2v) is 2.86. The van der Waals surface area contributed by atoms with E-state index in [9.17, 15) is 18.3 Å². The van der Waals surface area contributed by atoms with E-state index in [1.54, 1.807) is 0 Å². The number of alkyl halides is 3. The van der Waals surface area contributed by atoms with Gasteiger partial charge in [-0.25, -0.2) is 0 Å². The molecule has 0 spiro atoms. The molecule has 0 aliphatic carbocycles. The standard InChI is InChI=1S/C9H8F3O/c1-5-6(2)8(13)4-3-7(5)9(10,11)12/h3-4H,1-2H3. The summed E-state index contributed by atoms with van der Waals surface area (Å²) in [7, 11) is 0. The number of halogens is 3. The number of rotatable bonds is 0.